The van der Waals surface area contributed by atoms with Crippen LogP contribution in [0.4, 0.5) is 0 Å². The fourth-order valence-electron chi connectivity index (χ4n) is 1.87. The standard InChI is InChI=1S/C14H11N5S/c1-10(7-15)20-14-12-8-18-19(13(12)16-9-17-14)11-5-3-2-4-6-11/h2-6,8-10H,1H3/t10-/m0/s1. The van der Waals surface area contributed by atoms with Gasteiger partial charge in [0.2, 0.25) is 0 Å². The first-order chi connectivity index (χ1) is 9.79. The minimum atomic E-state index is -0.159. The summed E-state index contributed by atoms with van der Waals surface area (Å²) in [4.78, 5) is 8.55. The molecular formula is C14H11N5S. The molecule has 2 aromatic heterocycles. The molecule has 0 aliphatic heterocycles. The van der Waals surface area contributed by atoms with E-state index in [1.54, 1.807) is 10.9 Å². The topological polar surface area (TPSA) is 67.4 Å². The summed E-state index contributed by atoms with van der Waals surface area (Å²) < 4.78 is 1.78. The summed E-state index contributed by atoms with van der Waals surface area (Å²) in [5.74, 6) is 0. The largest absolute Gasteiger partial charge is 0.229 e. The fraction of sp³-hybridized carbons (Fsp3) is 0.143. The molecule has 3 rings (SSSR count). The summed E-state index contributed by atoms with van der Waals surface area (Å²) in [6.45, 7) is 1.85. The molecule has 0 unspecified atom stereocenters. The Hall–Kier alpha value is -2.39. The third kappa shape index (κ3) is 2.24. The number of para-hydroxylation sites is 1. The first kappa shape index (κ1) is 12.6. The Kier molecular flexibility index (Phi) is 3.35. The minimum absolute atomic E-state index is 0.159. The fourth-order valence-corrected chi connectivity index (χ4v) is 2.64. The van der Waals surface area contributed by atoms with Gasteiger partial charge in [0.05, 0.1) is 28.6 Å². The highest BCUT2D eigenvalue weighted by Gasteiger charge is 2.13. The number of nitrogens with zero attached hydrogens (tertiary/aromatic N) is 5. The maximum Gasteiger partial charge on any atom is 0.167 e. The Bertz CT molecular complexity index is 775. The monoisotopic (exact) mass is 281 g/mol. The second kappa shape index (κ2) is 5.31. The van der Waals surface area contributed by atoms with Crippen LogP contribution in [0.15, 0.2) is 47.9 Å². The van der Waals surface area contributed by atoms with Crippen LogP contribution in [-0.2, 0) is 0 Å². The zero-order chi connectivity index (χ0) is 13.9. The van der Waals surface area contributed by atoms with Crippen molar-refractivity contribution in [2.75, 3.05) is 0 Å². The summed E-state index contributed by atoms with van der Waals surface area (Å²) in [5, 5.41) is 14.8. The maximum absolute atomic E-state index is 8.92. The van der Waals surface area contributed by atoms with Crippen molar-refractivity contribution in [3.8, 4) is 11.8 Å². The number of nitriles is 1. The summed E-state index contributed by atoms with van der Waals surface area (Å²) in [7, 11) is 0. The number of hydrogen-bond donors (Lipinski definition) is 0. The van der Waals surface area contributed by atoms with E-state index in [4.69, 9.17) is 5.26 Å². The van der Waals surface area contributed by atoms with Crippen LogP contribution in [0.5, 0.6) is 0 Å². The highest BCUT2D eigenvalue weighted by Crippen LogP contribution is 2.28. The van der Waals surface area contributed by atoms with Crippen molar-refractivity contribution in [2.45, 2.75) is 17.2 Å². The SMILES string of the molecule is C[C@@H](C#N)Sc1ncnc2c1cnn2-c1ccccc1. The minimum Gasteiger partial charge on any atom is -0.229 e. The highest BCUT2D eigenvalue weighted by molar-refractivity contribution is 8.00. The highest BCUT2D eigenvalue weighted by atomic mass is 32.2. The zero-order valence-corrected chi connectivity index (χ0v) is 11.6. The van der Waals surface area contributed by atoms with E-state index in [-0.39, 0.29) is 5.25 Å². The van der Waals surface area contributed by atoms with Gasteiger partial charge in [-0.25, -0.2) is 14.6 Å². The maximum atomic E-state index is 8.92. The van der Waals surface area contributed by atoms with Gasteiger partial charge < -0.3 is 0 Å². The lowest BCUT2D eigenvalue weighted by Crippen LogP contribution is -1.98. The van der Waals surface area contributed by atoms with Gasteiger partial charge in [-0.3, -0.25) is 0 Å². The van der Waals surface area contributed by atoms with Crippen molar-refractivity contribution in [3.63, 3.8) is 0 Å². The Morgan fingerprint density at radius 3 is 2.80 bits per heavy atom. The van der Waals surface area contributed by atoms with Gasteiger partial charge >= 0.3 is 0 Å². The van der Waals surface area contributed by atoms with Gasteiger partial charge in [0, 0.05) is 0 Å². The third-order valence-corrected chi connectivity index (χ3v) is 3.81. The van der Waals surface area contributed by atoms with Crippen LogP contribution in [-0.4, -0.2) is 25.0 Å². The van der Waals surface area contributed by atoms with Crippen LogP contribution >= 0.6 is 11.8 Å². The molecule has 0 aliphatic rings. The van der Waals surface area contributed by atoms with E-state index in [2.05, 4.69) is 21.1 Å². The van der Waals surface area contributed by atoms with Crippen LogP contribution in [0.1, 0.15) is 6.92 Å². The molecule has 20 heavy (non-hydrogen) atoms. The number of benzene rings is 1. The molecule has 0 bridgehead atoms. The second-order valence-electron chi connectivity index (χ2n) is 4.20. The molecule has 2 heterocycles. The van der Waals surface area contributed by atoms with E-state index < -0.39 is 0 Å². The number of hydrogen-bond acceptors (Lipinski definition) is 5. The van der Waals surface area contributed by atoms with Crippen LogP contribution in [0.3, 0.4) is 0 Å². The quantitative estimate of drug-likeness (QED) is 0.545. The molecule has 3 aromatic rings. The lowest BCUT2D eigenvalue weighted by Gasteiger charge is -2.04. The molecule has 0 N–H and O–H groups in total. The first-order valence-electron chi connectivity index (χ1n) is 6.10. The summed E-state index contributed by atoms with van der Waals surface area (Å²) in [6, 6.07) is 12.0. The zero-order valence-electron chi connectivity index (χ0n) is 10.8. The normalized spacial score (nSPS) is 12.2. The first-order valence-corrected chi connectivity index (χ1v) is 6.98. The lowest BCUT2D eigenvalue weighted by molar-refractivity contribution is 0.893. The van der Waals surface area contributed by atoms with Gasteiger partial charge in [-0.15, -0.1) is 0 Å². The Labute approximate surface area is 120 Å². The van der Waals surface area contributed by atoms with E-state index in [9.17, 15) is 0 Å². The Morgan fingerprint density at radius 1 is 1.25 bits per heavy atom. The van der Waals surface area contributed by atoms with Crippen molar-refractivity contribution in [3.05, 3.63) is 42.9 Å². The molecule has 0 amide bonds. The van der Waals surface area contributed by atoms with E-state index in [1.807, 2.05) is 37.3 Å². The molecule has 0 fully saturated rings. The van der Waals surface area contributed by atoms with Crippen LogP contribution in [0.25, 0.3) is 16.7 Å². The predicted octanol–water partition coefficient (Wildman–Crippen LogP) is 2.82. The summed E-state index contributed by atoms with van der Waals surface area (Å²) in [5.41, 5.74) is 1.70. The predicted molar refractivity (Wildman–Crippen MR) is 77.6 cm³/mol. The second-order valence-corrected chi connectivity index (χ2v) is 5.53. The number of aromatic nitrogens is 4. The molecule has 1 atom stereocenters. The van der Waals surface area contributed by atoms with Crippen LogP contribution in [0.2, 0.25) is 0 Å². The molecule has 1 aromatic carbocycles. The molecule has 0 saturated carbocycles. The van der Waals surface area contributed by atoms with Crippen molar-refractivity contribution < 1.29 is 0 Å². The lowest BCUT2D eigenvalue weighted by atomic mass is 10.3. The van der Waals surface area contributed by atoms with Crippen LogP contribution < -0.4 is 0 Å². The van der Waals surface area contributed by atoms with Crippen LogP contribution in [0, 0.1) is 11.3 Å². The molecule has 0 radical (unpaired) electrons. The molecule has 5 nitrogen and oxygen atoms in total. The average Bonchev–Trinajstić information content (AvgIpc) is 2.93. The Morgan fingerprint density at radius 2 is 2.05 bits per heavy atom. The van der Waals surface area contributed by atoms with E-state index in [0.29, 0.717) is 0 Å². The van der Waals surface area contributed by atoms with Crippen molar-refractivity contribution in [1.29, 1.82) is 5.26 Å². The smallest absolute Gasteiger partial charge is 0.167 e. The van der Waals surface area contributed by atoms with Gasteiger partial charge in [-0.05, 0) is 19.1 Å². The van der Waals surface area contributed by atoms with Gasteiger partial charge in [0.1, 0.15) is 11.4 Å². The molecule has 0 spiro atoms. The molecular weight excluding hydrogens is 270 g/mol. The van der Waals surface area contributed by atoms with E-state index in [0.717, 1.165) is 21.7 Å². The Balaban J connectivity index is 2.11. The van der Waals surface area contributed by atoms with E-state index in [1.165, 1.54) is 18.1 Å². The molecule has 98 valence electrons. The number of fused-ring (bicyclic) bond motifs is 1. The summed E-state index contributed by atoms with van der Waals surface area (Å²) >= 11 is 1.42. The molecule has 0 aliphatic carbocycles. The van der Waals surface area contributed by atoms with Gasteiger partial charge in [-0.1, -0.05) is 30.0 Å². The van der Waals surface area contributed by atoms with Gasteiger partial charge in [0.15, 0.2) is 5.65 Å². The molecule has 6 heteroatoms. The van der Waals surface area contributed by atoms with Crippen molar-refractivity contribution >= 4 is 22.8 Å². The van der Waals surface area contributed by atoms with Crippen molar-refractivity contribution in [1.82, 2.24) is 19.7 Å². The number of rotatable bonds is 3. The molecule has 0 saturated heterocycles. The van der Waals surface area contributed by atoms with Gasteiger partial charge in [0.25, 0.3) is 0 Å². The van der Waals surface area contributed by atoms with Crippen molar-refractivity contribution in [2.24, 2.45) is 0 Å². The third-order valence-electron chi connectivity index (χ3n) is 2.80. The van der Waals surface area contributed by atoms with Gasteiger partial charge in [-0.2, -0.15) is 10.4 Å². The summed E-state index contributed by atoms with van der Waals surface area (Å²) in [6.07, 6.45) is 3.25. The average molecular weight is 281 g/mol. The van der Waals surface area contributed by atoms with E-state index >= 15 is 0 Å². The number of thioether (sulfide) groups is 1.